The van der Waals surface area contributed by atoms with Crippen molar-refractivity contribution in [3.8, 4) is 0 Å². The van der Waals surface area contributed by atoms with Crippen LogP contribution >= 0.6 is 0 Å². The number of furan rings is 1. The minimum Gasteiger partial charge on any atom is -0.472 e. The summed E-state index contributed by atoms with van der Waals surface area (Å²) in [6, 6.07) is 8.51. The molecule has 84 valence electrons. The van der Waals surface area contributed by atoms with E-state index in [-0.39, 0.29) is 5.75 Å². The average Bonchev–Trinajstić information content (AvgIpc) is 2.70. The Kier molecular flexibility index (Phi) is 2.83. The van der Waals surface area contributed by atoms with Crippen molar-refractivity contribution in [3.05, 3.63) is 54.0 Å². The second kappa shape index (κ2) is 4.14. The van der Waals surface area contributed by atoms with Crippen LogP contribution in [0.5, 0.6) is 0 Å². The number of hydrogen-bond acceptors (Lipinski definition) is 3. The highest BCUT2D eigenvalue weighted by atomic mass is 32.2. The molecule has 0 aliphatic carbocycles. The van der Waals surface area contributed by atoms with Gasteiger partial charge in [-0.05, 0) is 25.1 Å². The summed E-state index contributed by atoms with van der Waals surface area (Å²) in [5.74, 6) is -0.0213. The van der Waals surface area contributed by atoms with E-state index in [4.69, 9.17) is 4.42 Å². The summed E-state index contributed by atoms with van der Waals surface area (Å²) in [5, 5.41) is 0. The molecule has 2 rings (SSSR count). The normalized spacial score (nSPS) is 11.6. The van der Waals surface area contributed by atoms with Crippen LogP contribution in [0, 0.1) is 6.92 Å². The molecule has 0 amide bonds. The van der Waals surface area contributed by atoms with Crippen LogP contribution in [0.15, 0.2) is 52.2 Å². The lowest BCUT2D eigenvalue weighted by Crippen LogP contribution is -2.04. The molecule has 0 saturated heterocycles. The van der Waals surface area contributed by atoms with Crippen LogP contribution in [-0.2, 0) is 15.6 Å². The fraction of sp³-hybridized carbons (Fsp3) is 0.167. The predicted molar refractivity (Wildman–Crippen MR) is 60.8 cm³/mol. The summed E-state index contributed by atoms with van der Waals surface area (Å²) in [5.41, 5.74) is 1.71. The first kappa shape index (κ1) is 11.0. The number of rotatable bonds is 3. The van der Waals surface area contributed by atoms with E-state index in [1.54, 1.807) is 30.3 Å². The third-order valence-electron chi connectivity index (χ3n) is 2.32. The Morgan fingerprint density at radius 2 is 1.81 bits per heavy atom. The van der Waals surface area contributed by atoms with Gasteiger partial charge in [-0.3, -0.25) is 0 Å². The van der Waals surface area contributed by atoms with Crippen molar-refractivity contribution in [2.24, 2.45) is 0 Å². The molecule has 0 aliphatic heterocycles. The fourth-order valence-corrected chi connectivity index (χ4v) is 2.74. The summed E-state index contributed by atoms with van der Waals surface area (Å²) in [6.45, 7) is 1.92. The van der Waals surface area contributed by atoms with Crippen LogP contribution in [0.2, 0.25) is 0 Å². The predicted octanol–water partition coefficient (Wildman–Crippen LogP) is 2.56. The van der Waals surface area contributed by atoms with E-state index >= 15 is 0 Å². The van der Waals surface area contributed by atoms with E-state index in [9.17, 15) is 8.42 Å². The molecular formula is C12H12O3S. The molecule has 2 aromatic rings. The van der Waals surface area contributed by atoms with Crippen LogP contribution < -0.4 is 0 Å². The largest absolute Gasteiger partial charge is 0.472 e. The summed E-state index contributed by atoms with van der Waals surface area (Å²) in [4.78, 5) is 0.347. The maximum Gasteiger partial charge on any atom is 0.182 e. The van der Waals surface area contributed by atoms with Crippen LogP contribution in [0.4, 0.5) is 0 Å². The van der Waals surface area contributed by atoms with Crippen LogP contribution in [0.25, 0.3) is 0 Å². The molecule has 0 radical (unpaired) electrons. The van der Waals surface area contributed by atoms with Crippen molar-refractivity contribution in [2.45, 2.75) is 17.6 Å². The van der Waals surface area contributed by atoms with Gasteiger partial charge in [0.25, 0.3) is 0 Å². The fourth-order valence-electron chi connectivity index (χ4n) is 1.42. The lowest BCUT2D eigenvalue weighted by molar-refractivity contribution is 0.563. The Morgan fingerprint density at radius 3 is 2.38 bits per heavy atom. The van der Waals surface area contributed by atoms with Crippen molar-refractivity contribution in [3.63, 3.8) is 0 Å². The minimum atomic E-state index is -3.26. The highest BCUT2D eigenvalue weighted by Gasteiger charge is 2.15. The molecule has 0 spiro atoms. The zero-order valence-electron chi connectivity index (χ0n) is 8.88. The lowest BCUT2D eigenvalue weighted by Gasteiger charge is -2.02. The summed E-state index contributed by atoms with van der Waals surface area (Å²) < 4.78 is 28.8. The van der Waals surface area contributed by atoms with E-state index in [2.05, 4.69) is 0 Å². The standard InChI is InChI=1S/C12H12O3S/c1-10-2-4-12(5-3-10)16(13,14)9-11-6-7-15-8-11/h2-8H,9H2,1H3. The zero-order valence-corrected chi connectivity index (χ0v) is 9.70. The monoisotopic (exact) mass is 236 g/mol. The van der Waals surface area contributed by atoms with Gasteiger partial charge in [0, 0.05) is 5.56 Å². The number of sulfone groups is 1. The maximum atomic E-state index is 12.0. The van der Waals surface area contributed by atoms with Gasteiger partial charge in [-0.1, -0.05) is 17.7 Å². The van der Waals surface area contributed by atoms with E-state index < -0.39 is 9.84 Å². The van der Waals surface area contributed by atoms with E-state index in [1.807, 2.05) is 6.92 Å². The molecule has 1 aromatic heterocycles. The molecule has 0 atom stereocenters. The number of aryl methyl sites for hydroxylation is 1. The second-order valence-electron chi connectivity index (χ2n) is 3.70. The first-order valence-electron chi connectivity index (χ1n) is 4.88. The minimum absolute atomic E-state index is 0.0213. The van der Waals surface area contributed by atoms with E-state index in [1.165, 1.54) is 12.5 Å². The molecule has 0 fully saturated rings. The zero-order chi connectivity index (χ0) is 11.6. The maximum absolute atomic E-state index is 12.0. The van der Waals surface area contributed by atoms with E-state index in [0.29, 0.717) is 10.5 Å². The molecule has 1 heterocycles. The van der Waals surface area contributed by atoms with Gasteiger partial charge in [0.1, 0.15) is 0 Å². The topological polar surface area (TPSA) is 47.3 Å². The molecule has 0 N–H and O–H groups in total. The molecule has 16 heavy (non-hydrogen) atoms. The SMILES string of the molecule is Cc1ccc(S(=O)(=O)Cc2ccoc2)cc1. The Balaban J connectivity index is 2.29. The third-order valence-corrected chi connectivity index (χ3v) is 4.02. The van der Waals surface area contributed by atoms with Crippen molar-refractivity contribution in [1.82, 2.24) is 0 Å². The third kappa shape index (κ3) is 2.33. The smallest absolute Gasteiger partial charge is 0.182 e. The van der Waals surface area contributed by atoms with Crippen molar-refractivity contribution >= 4 is 9.84 Å². The summed E-state index contributed by atoms with van der Waals surface area (Å²) in [6.07, 6.45) is 2.92. The average molecular weight is 236 g/mol. The van der Waals surface area contributed by atoms with Gasteiger partial charge in [0.2, 0.25) is 0 Å². The van der Waals surface area contributed by atoms with E-state index in [0.717, 1.165) is 5.56 Å². The highest BCUT2D eigenvalue weighted by molar-refractivity contribution is 7.90. The Hall–Kier alpha value is -1.55. The molecule has 4 heteroatoms. The summed E-state index contributed by atoms with van der Waals surface area (Å²) in [7, 11) is -3.26. The van der Waals surface area contributed by atoms with Crippen molar-refractivity contribution in [1.29, 1.82) is 0 Å². The lowest BCUT2D eigenvalue weighted by atomic mass is 10.2. The van der Waals surface area contributed by atoms with Crippen LogP contribution in [0.1, 0.15) is 11.1 Å². The quantitative estimate of drug-likeness (QED) is 0.822. The van der Waals surface area contributed by atoms with Gasteiger partial charge < -0.3 is 4.42 Å². The Morgan fingerprint density at radius 1 is 1.12 bits per heavy atom. The molecule has 0 bridgehead atoms. The molecule has 3 nitrogen and oxygen atoms in total. The first-order chi connectivity index (χ1) is 7.58. The summed E-state index contributed by atoms with van der Waals surface area (Å²) >= 11 is 0. The number of hydrogen-bond donors (Lipinski definition) is 0. The van der Waals surface area contributed by atoms with Gasteiger partial charge in [-0.25, -0.2) is 8.42 Å². The molecule has 1 aromatic carbocycles. The molecule has 0 aliphatic rings. The van der Waals surface area contributed by atoms with Crippen LogP contribution in [-0.4, -0.2) is 8.42 Å². The van der Waals surface area contributed by atoms with Gasteiger partial charge in [0.05, 0.1) is 23.2 Å². The molecular weight excluding hydrogens is 224 g/mol. The number of benzene rings is 1. The molecule has 0 saturated carbocycles. The van der Waals surface area contributed by atoms with Crippen molar-refractivity contribution in [2.75, 3.05) is 0 Å². The first-order valence-corrected chi connectivity index (χ1v) is 6.54. The molecule has 0 unspecified atom stereocenters. The van der Waals surface area contributed by atoms with Gasteiger partial charge in [-0.15, -0.1) is 0 Å². The second-order valence-corrected chi connectivity index (χ2v) is 5.69. The van der Waals surface area contributed by atoms with Gasteiger partial charge in [0.15, 0.2) is 9.84 Å². The Labute approximate surface area is 94.6 Å². The van der Waals surface area contributed by atoms with Crippen molar-refractivity contribution < 1.29 is 12.8 Å². The Bertz CT molecular complexity index is 551. The highest BCUT2D eigenvalue weighted by Crippen LogP contribution is 2.17. The van der Waals surface area contributed by atoms with Gasteiger partial charge >= 0.3 is 0 Å². The van der Waals surface area contributed by atoms with Crippen LogP contribution in [0.3, 0.4) is 0 Å². The van der Waals surface area contributed by atoms with Gasteiger partial charge in [-0.2, -0.15) is 0 Å².